The van der Waals surface area contributed by atoms with Crippen molar-refractivity contribution in [3.63, 3.8) is 0 Å². The first-order valence-corrected chi connectivity index (χ1v) is 7.95. The Hall–Kier alpha value is -0.880. The highest BCUT2D eigenvalue weighted by Gasteiger charge is 2.39. The third-order valence-corrected chi connectivity index (χ3v) is 4.60. The first-order valence-electron chi connectivity index (χ1n) is 6.36. The molecular formula is C14H15Br2NO3. The molecule has 0 unspecified atom stereocenters. The monoisotopic (exact) mass is 403 g/mol. The second-order valence-electron chi connectivity index (χ2n) is 5.26. The molecule has 1 aliphatic rings. The fourth-order valence-corrected chi connectivity index (χ4v) is 3.76. The van der Waals surface area contributed by atoms with E-state index in [4.69, 9.17) is 5.11 Å². The van der Waals surface area contributed by atoms with E-state index in [0.29, 0.717) is 12.1 Å². The second kappa shape index (κ2) is 6.26. The first-order chi connectivity index (χ1) is 9.40. The number of amides is 1. The van der Waals surface area contributed by atoms with E-state index >= 15 is 0 Å². The van der Waals surface area contributed by atoms with Crippen molar-refractivity contribution >= 4 is 43.7 Å². The molecule has 4 nitrogen and oxygen atoms in total. The average Bonchev–Trinajstić information content (AvgIpc) is 2.30. The van der Waals surface area contributed by atoms with Gasteiger partial charge < -0.3 is 10.4 Å². The molecule has 0 spiro atoms. The van der Waals surface area contributed by atoms with Crippen molar-refractivity contribution in [2.45, 2.75) is 25.7 Å². The molecule has 1 saturated carbocycles. The van der Waals surface area contributed by atoms with E-state index in [1.807, 2.05) is 6.07 Å². The van der Waals surface area contributed by atoms with Crippen molar-refractivity contribution in [3.8, 4) is 0 Å². The Morgan fingerprint density at radius 3 is 2.25 bits per heavy atom. The van der Waals surface area contributed by atoms with Gasteiger partial charge in [0.2, 0.25) is 0 Å². The number of halogens is 2. The number of benzene rings is 1. The Labute approximate surface area is 134 Å². The van der Waals surface area contributed by atoms with Crippen molar-refractivity contribution in [1.29, 1.82) is 0 Å². The summed E-state index contributed by atoms with van der Waals surface area (Å²) >= 11 is 6.68. The summed E-state index contributed by atoms with van der Waals surface area (Å²) in [5.41, 5.74) is 0.293. The van der Waals surface area contributed by atoms with Gasteiger partial charge in [0.15, 0.2) is 0 Å². The number of carbonyl (C=O) groups is 2. The van der Waals surface area contributed by atoms with Crippen LogP contribution in [0, 0.1) is 5.41 Å². The lowest BCUT2D eigenvalue weighted by molar-refractivity contribution is -0.141. The molecule has 0 bridgehead atoms. The van der Waals surface area contributed by atoms with E-state index in [-0.39, 0.29) is 17.7 Å². The van der Waals surface area contributed by atoms with Gasteiger partial charge in [0.25, 0.3) is 5.91 Å². The van der Waals surface area contributed by atoms with E-state index < -0.39 is 5.97 Å². The normalized spacial score (nSPS) is 16.3. The van der Waals surface area contributed by atoms with Gasteiger partial charge in [-0.3, -0.25) is 9.59 Å². The SMILES string of the molecule is O=C(O)CC1(CNC(=O)c2cc(Br)cc(Br)c2)CCC1. The molecule has 1 amide bonds. The van der Waals surface area contributed by atoms with E-state index in [9.17, 15) is 9.59 Å². The maximum absolute atomic E-state index is 12.1. The lowest BCUT2D eigenvalue weighted by Gasteiger charge is -2.40. The first kappa shape index (κ1) is 15.5. The summed E-state index contributed by atoms with van der Waals surface area (Å²) in [6, 6.07) is 5.34. The molecule has 0 heterocycles. The van der Waals surface area contributed by atoms with Gasteiger partial charge in [-0.05, 0) is 36.5 Å². The summed E-state index contributed by atoms with van der Waals surface area (Å²) < 4.78 is 1.64. The Morgan fingerprint density at radius 1 is 1.20 bits per heavy atom. The molecule has 1 aromatic carbocycles. The summed E-state index contributed by atoms with van der Waals surface area (Å²) in [4.78, 5) is 23.0. The Balaban J connectivity index is 1.99. The molecule has 1 fully saturated rings. The predicted molar refractivity (Wildman–Crippen MR) is 82.7 cm³/mol. The summed E-state index contributed by atoms with van der Waals surface area (Å²) in [5, 5.41) is 11.8. The van der Waals surface area contributed by atoms with Gasteiger partial charge in [-0.1, -0.05) is 38.3 Å². The summed E-state index contributed by atoms with van der Waals surface area (Å²) in [6.45, 7) is 0.419. The van der Waals surface area contributed by atoms with Gasteiger partial charge in [-0.2, -0.15) is 0 Å². The van der Waals surface area contributed by atoms with E-state index in [2.05, 4.69) is 37.2 Å². The number of hydrogen-bond donors (Lipinski definition) is 2. The molecule has 20 heavy (non-hydrogen) atoms. The third-order valence-electron chi connectivity index (χ3n) is 3.69. The Bertz CT molecular complexity index is 521. The van der Waals surface area contributed by atoms with E-state index in [1.54, 1.807) is 12.1 Å². The van der Waals surface area contributed by atoms with Crippen LogP contribution < -0.4 is 5.32 Å². The molecule has 108 valence electrons. The number of hydrogen-bond acceptors (Lipinski definition) is 2. The number of carboxylic acids is 1. The molecule has 0 radical (unpaired) electrons. The third kappa shape index (κ3) is 3.82. The standard InChI is InChI=1S/C14H15Br2NO3/c15-10-4-9(5-11(16)6-10)13(20)17-8-14(2-1-3-14)7-12(18)19/h4-6H,1-3,7-8H2,(H,17,20)(H,18,19). The maximum Gasteiger partial charge on any atom is 0.303 e. The number of rotatable bonds is 5. The molecule has 6 heteroatoms. The minimum atomic E-state index is -0.802. The van der Waals surface area contributed by atoms with Crippen LogP contribution in [0.1, 0.15) is 36.0 Å². The lowest BCUT2D eigenvalue weighted by atomic mass is 9.66. The van der Waals surface area contributed by atoms with Crippen molar-refractivity contribution in [3.05, 3.63) is 32.7 Å². The van der Waals surface area contributed by atoms with Crippen LogP contribution in [0.25, 0.3) is 0 Å². The van der Waals surface area contributed by atoms with E-state index in [0.717, 1.165) is 28.2 Å². The van der Waals surface area contributed by atoms with Crippen LogP contribution in [0.5, 0.6) is 0 Å². The van der Waals surface area contributed by atoms with Crippen molar-refractivity contribution in [2.24, 2.45) is 5.41 Å². The number of aliphatic carboxylic acids is 1. The topological polar surface area (TPSA) is 66.4 Å². The van der Waals surface area contributed by atoms with Gasteiger partial charge in [0.05, 0.1) is 6.42 Å². The molecule has 1 aromatic rings. The molecular weight excluding hydrogens is 390 g/mol. The fourth-order valence-electron chi connectivity index (χ4n) is 2.47. The van der Waals surface area contributed by atoms with Gasteiger partial charge in [-0.15, -0.1) is 0 Å². The van der Waals surface area contributed by atoms with Gasteiger partial charge in [-0.25, -0.2) is 0 Å². The number of carboxylic acid groups (broad SMARTS) is 1. The quantitative estimate of drug-likeness (QED) is 0.787. The van der Waals surface area contributed by atoms with Gasteiger partial charge in [0.1, 0.15) is 0 Å². The summed E-state index contributed by atoms with van der Waals surface area (Å²) in [7, 11) is 0. The van der Waals surface area contributed by atoms with Gasteiger partial charge in [0, 0.05) is 21.1 Å². The van der Waals surface area contributed by atoms with Crippen molar-refractivity contribution in [1.82, 2.24) is 5.32 Å². The molecule has 0 atom stereocenters. The minimum absolute atomic E-state index is 0.120. The Morgan fingerprint density at radius 2 is 1.80 bits per heavy atom. The molecule has 2 N–H and O–H groups in total. The van der Waals surface area contributed by atoms with Crippen molar-refractivity contribution < 1.29 is 14.7 Å². The lowest BCUT2D eigenvalue weighted by Crippen LogP contribution is -2.43. The fraction of sp³-hybridized carbons (Fsp3) is 0.429. The van der Waals surface area contributed by atoms with Crippen LogP contribution in [0.3, 0.4) is 0 Å². The van der Waals surface area contributed by atoms with Crippen LogP contribution in [0.15, 0.2) is 27.1 Å². The van der Waals surface area contributed by atoms with Crippen molar-refractivity contribution in [2.75, 3.05) is 6.54 Å². The zero-order chi connectivity index (χ0) is 14.8. The van der Waals surface area contributed by atoms with Crippen LogP contribution in [-0.2, 0) is 4.79 Å². The number of carbonyl (C=O) groups excluding carboxylic acids is 1. The van der Waals surface area contributed by atoms with Crippen LogP contribution in [0.2, 0.25) is 0 Å². The second-order valence-corrected chi connectivity index (χ2v) is 7.10. The van der Waals surface area contributed by atoms with Crippen LogP contribution in [-0.4, -0.2) is 23.5 Å². The maximum atomic E-state index is 12.1. The Kier molecular flexibility index (Phi) is 4.86. The zero-order valence-electron chi connectivity index (χ0n) is 10.8. The highest BCUT2D eigenvalue weighted by Crippen LogP contribution is 2.43. The number of nitrogens with one attached hydrogen (secondary N) is 1. The molecule has 1 aliphatic carbocycles. The predicted octanol–water partition coefficient (Wildman–Crippen LogP) is 3.59. The van der Waals surface area contributed by atoms with Crippen LogP contribution >= 0.6 is 31.9 Å². The summed E-state index contributed by atoms with van der Waals surface area (Å²) in [5.74, 6) is -0.979. The zero-order valence-corrected chi connectivity index (χ0v) is 14.0. The highest BCUT2D eigenvalue weighted by atomic mass is 79.9. The highest BCUT2D eigenvalue weighted by molar-refractivity contribution is 9.11. The average molecular weight is 405 g/mol. The molecule has 0 aliphatic heterocycles. The smallest absolute Gasteiger partial charge is 0.303 e. The van der Waals surface area contributed by atoms with E-state index in [1.165, 1.54) is 0 Å². The molecule has 2 rings (SSSR count). The molecule has 0 aromatic heterocycles. The van der Waals surface area contributed by atoms with Gasteiger partial charge >= 0.3 is 5.97 Å². The largest absolute Gasteiger partial charge is 0.481 e. The minimum Gasteiger partial charge on any atom is -0.481 e. The summed E-state index contributed by atoms with van der Waals surface area (Å²) in [6.07, 6.45) is 2.88. The molecule has 0 saturated heterocycles. The van der Waals surface area contributed by atoms with Crippen LogP contribution in [0.4, 0.5) is 0 Å².